The molecule has 0 unspecified atom stereocenters. The smallest absolute Gasteiger partial charge is 0.217 e. The molecule has 26 heavy (non-hydrogen) atoms. The molecule has 2 heterocycles. The number of rotatable bonds is 3. The predicted molar refractivity (Wildman–Crippen MR) is 99.5 cm³/mol. The molecule has 2 aliphatic rings. The van der Waals surface area contributed by atoms with Gasteiger partial charge in [-0.1, -0.05) is 30.3 Å². The molecule has 1 aromatic carbocycles. The molecule has 0 bridgehead atoms. The van der Waals surface area contributed by atoms with Crippen LogP contribution in [-0.2, 0) is 4.79 Å². The second kappa shape index (κ2) is 7.03. The second-order valence-electron chi connectivity index (χ2n) is 7.41. The van der Waals surface area contributed by atoms with Gasteiger partial charge in [-0.05, 0) is 36.8 Å². The van der Waals surface area contributed by atoms with Crippen LogP contribution in [0.25, 0.3) is 11.3 Å². The van der Waals surface area contributed by atoms with Crippen molar-refractivity contribution < 1.29 is 9.90 Å². The van der Waals surface area contributed by atoms with Gasteiger partial charge in [-0.15, -0.1) is 10.2 Å². The average Bonchev–Trinajstić information content (AvgIpc) is 3.05. The van der Waals surface area contributed by atoms with Crippen molar-refractivity contribution in [2.24, 2.45) is 11.8 Å². The number of benzene rings is 1. The molecule has 136 valence electrons. The lowest BCUT2D eigenvalue weighted by Crippen LogP contribution is -2.48. The molecule has 1 amide bonds. The van der Waals surface area contributed by atoms with E-state index >= 15 is 0 Å². The second-order valence-corrected chi connectivity index (χ2v) is 7.41. The van der Waals surface area contributed by atoms with Gasteiger partial charge in [0.25, 0.3) is 0 Å². The number of aromatic nitrogens is 2. The van der Waals surface area contributed by atoms with Crippen molar-refractivity contribution in [3.8, 4) is 11.3 Å². The molecular weight excluding hydrogens is 328 g/mol. The van der Waals surface area contributed by atoms with Crippen molar-refractivity contribution in [2.45, 2.75) is 31.9 Å². The summed E-state index contributed by atoms with van der Waals surface area (Å²) in [5, 5.41) is 22.0. The Morgan fingerprint density at radius 3 is 2.46 bits per heavy atom. The van der Waals surface area contributed by atoms with Crippen LogP contribution in [0.2, 0.25) is 0 Å². The highest BCUT2D eigenvalue weighted by atomic mass is 16.3. The first-order valence-electron chi connectivity index (χ1n) is 9.19. The lowest BCUT2D eigenvalue weighted by atomic mass is 9.77. The summed E-state index contributed by atoms with van der Waals surface area (Å²) in [5.41, 5.74) is 1.93. The third-order valence-corrected chi connectivity index (χ3v) is 5.57. The number of aliphatic hydroxyl groups excluding tert-OH is 1. The highest BCUT2D eigenvalue weighted by molar-refractivity contribution is 5.73. The number of nitrogens with zero attached hydrogens (tertiary/aromatic N) is 3. The molecule has 1 saturated heterocycles. The van der Waals surface area contributed by atoms with Crippen molar-refractivity contribution in [1.82, 2.24) is 15.5 Å². The summed E-state index contributed by atoms with van der Waals surface area (Å²) < 4.78 is 0. The summed E-state index contributed by atoms with van der Waals surface area (Å²) >= 11 is 0. The fourth-order valence-electron chi connectivity index (χ4n) is 4.29. The van der Waals surface area contributed by atoms with Crippen LogP contribution in [-0.4, -0.2) is 46.4 Å². The third kappa shape index (κ3) is 3.42. The van der Waals surface area contributed by atoms with E-state index in [-0.39, 0.29) is 11.9 Å². The molecule has 6 heteroatoms. The van der Waals surface area contributed by atoms with Gasteiger partial charge in [0.1, 0.15) is 0 Å². The minimum absolute atomic E-state index is 0.0790. The van der Waals surface area contributed by atoms with Crippen molar-refractivity contribution in [3.05, 3.63) is 42.5 Å². The average molecular weight is 352 g/mol. The standard InChI is InChI=1S/C20H24N4O2/c1-13(25)21-18-9-15-11-24(12-16(15)10-19(18)26)20-8-7-17(22-23-20)14-5-3-2-4-6-14/h2-8,15-16,18-19,26H,9-12H2,1H3,(H,21,25)/t15-,16+,18-,19-/m1/s1. The van der Waals surface area contributed by atoms with Crippen molar-refractivity contribution in [2.75, 3.05) is 18.0 Å². The van der Waals surface area contributed by atoms with Crippen LogP contribution in [0.15, 0.2) is 42.5 Å². The van der Waals surface area contributed by atoms with Crippen molar-refractivity contribution in [1.29, 1.82) is 0 Å². The van der Waals surface area contributed by atoms with Crippen LogP contribution in [0, 0.1) is 11.8 Å². The molecule has 2 N–H and O–H groups in total. The van der Waals surface area contributed by atoms with Crippen molar-refractivity contribution in [3.63, 3.8) is 0 Å². The van der Waals surface area contributed by atoms with Crippen LogP contribution in [0.1, 0.15) is 19.8 Å². The first-order valence-corrected chi connectivity index (χ1v) is 9.19. The molecule has 1 aliphatic carbocycles. The van der Waals surface area contributed by atoms with Gasteiger partial charge in [-0.3, -0.25) is 4.79 Å². The van der Waals surface area contributed by atoms with E-state index in [1.807, 2.05) is 42.5 Å². The minimum atomic E-state index is -0.466. The summed E-state index contributed by atoms with van der Waals surface area (Å²) in [6.45, 7) is 3.28. The van der Waals surface area contributed by atoms with Gasteiger partial charge in [0.15, 0.2) is 5.82 Å². The van der Waals surface area contributed by atoms with Crippen LogP contribution < -0.4 is 10.2 Å². The van der Waals surface area contributed by atoms with Crippen LogP contribution in [0.3, 0.4) is 0 Å². The lowest BCUT2D eigenvalue weighted by molar-refractivity contribution is -0.121. The van der Waals surface area contributed by atoms with E-state index in [1.165, 1.54) is 6.92 Å². The van der Waals surface area contributed by atoms with E-state index in [0.29, 0.717) is 11.8 Å². The Morgan fingerprint density at radius 1 is 1.08 bits per heavy atom. The van der Waals surface area contributed by atoms with E-state index in [1.54, 1.807) is 0 Å². The molecule has 0 radical (unpaired) electrons. The summed E-state index contributed by atoms with van der Waals surface area (Å²) in [7, 11) is 0. The zero-order valence-corrected chi connectivity index (χ0v) is 14.9. The number of anilines is 1. The molecule has 1 aromatic heterocycles. The molecule has 4 rings (SSSR count). The van der Waals surface area contributed by atoms with Gasteiger partial charge in [0.05, 0.1) is 17.8 Å². The van der Waals surface area contributed by atoms with Crippen LogP contribution in [0.5, 0.6) is 0 Å². The van der Waals surface area contributed by atoms with E-state index in [0.717, 1.165) is 43.0 Å². The van der Waals surface area contributed by atoms with Crippen molar-refractivity contribution >= 4 is 11.7 Å². The zero-order valence-electron chi connectivity index (χ0n) is 14.9. The predicted octanol–water partition coefficient (Wildman–Crippen LogP) is 1.86. The molecule has 0 spiro atoms. The summed E-state index contributed by atoms with van der Waals surface area (Å²) in [6.07, 6.45) is 1.07. The SMILES string of the molecule is CC(=O)N[C@@H]1C[C@@H]2CN(c3ccc(-c4ccccc4)nn3)C[C@@H]2C[C@H]1O. The lowest BCUT2D eigenvalue weighted by Gasteiger charge is -2.35. The highest BCUT2D eigenvalue weighted by Crippen LogP contribution is 2.38. The normalized spacial score (nSPS) is 27.8. The van der Waals surface area contributed by atoms with Crippen LogP contribution in [0.4, 0.5) is 5.82 Å². The first kappa shape index (κ1) is 17.0. The third-order valence-electron chi connectivity index (χ3n) is 5.57. The minimum Gasteiger partial charge on any atom is -0.391 e. The first-order chi connectivity index (χ1) is 12.6. The number of fused-ring (bicyclic) bond motifs is 1. The van der Waals surface area contributed by atoms with Crippen LogP contribution >= 0.6 is 0 Å². The topological polar surface area (TPSA) is 78.4 Å². The number of nitrogens with one attached hydrogen (secondary N) is 1. The number of aliphatic hydroxyl groups is 1. The highest BCUT2D eigenvalue weighted by Gasteiger charge is 2.42. The Hall–Kier alpha value is -2.47. The number of hydrogen-bond donors (Lipinski definition) is 2. The fraction of sp³-hybridized carbons (Fsp3) is 0.450. The number of carbonyl (C=O) groups is 1. The van der Waals surface area contributed by atoms with Gasteiger partial charge in [-0.25, -0.2) is 0 Å². The largest absolute Gasteiger partial charge is 0.391 e. The van der Waals surface area contributed by atoms with Gasteiger partial charge in [0, 0.05) is 25.6 Å². The number of amides is 1. The van der Waals surface area contributed by atoms with Gasteiger partial charge in [0.2, 0.25) is 5.91 Å². The maximum absolute atomic E-state index is 11.3. The number of hydrogen-bond acceptors (Lipinski definition) is 5. The van der Waals surface area contributed by atoms with E-state index < -0.39 is 6.10 Å². The molecular formula is C20H24N4O2. The Balaban J connectivity index is 1.45. The van der Waals surface area contributed by atoms with E-state index in [9.17, 15) is 9.90 Å². The molecule has 2 aromatic rings. The molecule has 4 atom stereocenters. The fourth-order valence-corrected chi connectivity index (χ4v) is 4.29. The summed E-state index contributed by atoms with van der Waals surface area (Å²) in [6, 6.07) is 13.9. The zero-order chi connectivity index (χ0) is 18.1. The molecule has 1 aliphatic heterocycles. The van der Waals surface area contributed by atoms with E-state index in [2.05, 4.69) is 20.4 Å². The molecule has 6 nitrogen and oxygen atoms in total. The van der Waals surface area contributed by atoms with Gasteiger partial charge in [-0.2, -0.15) is 0 Å². The van der Waals surface area contributed by atoms with E-state index in [4.69, 9.17) is 0 Å². The molecule has 1 saturated carbocycles. The van der Waals surface area contributed by atoms with Gasteiger partial charge < -0.3 is 15.3 Å². The Labute approximate surface area is 153 Å². The quantitative estimate of drug-likeness (QED) is 0.881. The summed E-state index contributed by atoms with van der Waals surface area (Å²) in [4.78, 5) is 13.6. The Bertz CT molecular complexity index is 765. The maximum Gasteiger partial charge on any atom is 0.217 e. The Morgan fingerprint density at radius 2 is 1.81 bits per heavy atom. The number of carbonyl (C=O) groups excluding carboxylic acids is 1. The maximum atomic E-state index is 11.3. The van der Waals surface area contributed by atoms with Gasteiger partial charge >= 0.3 is 0 Å². The Kier molecular flexibility index (Phi) is 4.59. The summed E-state index contributed by atoms with van der Waals surface area (Å²) in [5.74, 6) is 1.70. The monoisotopic (exact) mass is 352 g/mol. The molecule has 2 fully saturated rings.